The number of nitrogens with zero attached hydrogens (tertiary/aromatic N) is 3. The zero-order valence-electron chi connectivity index (χ0n) is 13.5. The minimum atomic E-state index is -4.83. The van der Waals surface area contributed by atoms with Gasteiger partial charge in [-0.1, -0.05) is 34.5 Å². The molecule has 0 saturated heterocycles. The van der Waals surface area contributed by atoms with E-state index in [2.05, 4.69) is 26.0 Å². The summed E-state index contributed by atoms with van der Waals surface area (Å²) in [6, 6.07) is 7.33. The first-order valence-electron chi connectivity index (χ1n) is 8.19. The van der Waals surface area contributed by atoms with E-state index in [4.69, 9.17) is 0 Å². The van der Waals surface area contributed by atoms with Crippen molar-refractivity contribution in [3.8, 4) is 11.3 Å². The Bertz CT molecular complexity index is 852. The van der Waals surface area contributed by atoms with Crippen LogP contribution in [0.2, 0.25) is 0 Å². The van der Waals surface area contributed by atoms with E-state index in [0.29, 0.717) is 29.3 Å². The van der Waals surface area contributed by atoms with Gasteiger partial charge in [-0.05, 0) is 31.4 Å². The second-order valence-corrected chi connectivity index (χ2v) is 8.20. The summed E-state index contributed by atoms with van der Waals surface area (Å²) in [4.78, 5) is 4.32. The van der Waals surface area contributed by atoms with Gasteiger partial charge in [0.1, 0.15) is 0 Å². The molecule has 1 aliphatic carbocycles. The van der Waals surface area contributed by atoms with Gasteiger partial charge in [0.15, 0.2) is 0 Å². The van der Waals surface area contributed by atoms with Crippen molar-refractivity contribution < 1.29 is 18.3 Å². The van der Waals surface area contributed by atoms with Crippen molar-refractivity contribution in [1.82, 2.24) is 4.98 Å². The molecule has 1 N–H and O–H groups in total. The number of halogens is 4. The molecule has 1 aliphatic heterocycles. The van der Waals surface area contributed by atoms with Crippen LogP contribution in [0.5, 0.6) is 0 Å². The average molecular weight is 446 g/mol. The zero-order valence-corrected chi connectivity index (χ0v) is 15.9. The number of rotatable bonds is 2. The second kappa shape index (κ2) is 6.31. The number of hydrogen-bond donors (Lipinski definition) is 1. The third-order valence-electron chi connectivity index (χ3n) is 4.85. The lowest BCUT2D eigenvalue weighted by molar-refractivity contribution is -0.269. The number of thiazole rings is 1. The average Bonchev–Trinajstić information content (AvgIpc) is 3.19. The molecule has 0 radical (unpaired) electrons. The summed E-state index contributed by atoms with van der Waals surface area (Å²) in [6.07, 6.45) is -2.64. The highest BCUT2D eigenvalue weighted by molar-refractivity contribution is 9.10. The third kappa shape index (κ3) is 2.76. The van der Waals surface area contributed by atoms with Crippen LogP contribution in [0.25, 0.3) is 11.3 Å². The number of anilines is 1. The first kappa shape index (κ1) is 17.9. The standard InChI is InChI=1S/C17H15BrF3N3OS/c18-11-7-5-10(6-8-11)14-9-26-15(22-14)24-16(25,17(19,20)21)12-3-1-2-4-13(12)23-24/h5-9,12,25H,1-4H2/t12-,16+/m1/s1. The van der Waals surface area contributed by atoms with Crippen LogP contribution in [0, 0.1) is 5.92 Å². The van der Waals surface area contributed by atoms with Crippen molar-refractivity contribution in [1.29, 1.82) is 0 Å². The van der Waals surface area contributed by atoms with Gasteiger partial charge in [0.2, 0.25) is 5.13 Å². The molecule has 2 aliphatic rings. The fraction of sp³-hybridized carbons (Fsp3) is 0.412. The summed E-state index contributed by atoms with van der Waals surface area (Å²) in [6.45, 7) is 0. The third-order valence-corrected chi connectivity index (χ3v) is 6.19. The van der Waals surface area contributed by atoms with Crippen LogP contribution >= 0.6 is 27.3 Å². The van der Waals surface area contributed by atoms with E-state index in [0.717, 1.165) is 27.8 Å². The molecule has 0 unspecified atom stereocenters. The quantitative estimate of drug-likeness (QED) is 0.691. The molecule has 1 saturated carbocycles. The van der Waals surface area contributed by atoms with E-state index in [1.165, 1.54) is 0 Å². The molecule has 1 fully saturated rings. The van der Waals surface area contributed by atoms with Gasteiger partial charge in [0.25, 0.3) is 5.72 Å². The Labute approximate surface area is 160 Å². The van der Waals surface area contributed by atoms with E-state index in [-0.39, 0.29) is 11.6 Å². The van der Waals surface area contributed by atoms with E-state index in [9.17, 15) is 18.3 Å². The smallest absolute Gasteiger partial charge is 0.362 e. The number of aromatic nitrogens is 1. The molecule has 1 aromatic carbocycles. The number of hydrazone groups is 1. The van der Waals surface area contributed by atoms with Crippen LogP contribution in [0.3, 0.4) is 0 Å². The van der Waals surface area contributed by atoms with Crippen LogP contribution in [-0.4, -0.2) is 27.7 Å². The largest absolute Gasteiger partial charge is 0.439 e. The molecule has 0 bridgehead atoms. The summed E-state index contributed by atoms with van der Waals surface area (Å²) >= 11 is 4.39. The van der Waals surface area contributed by atoms with Crippen LogP contribution < -0.4 is 5.01 Å². The summed E-state index contributed by atoms with van der Waals surface area (Å²) in [5, 5.41) is 17.3. The van der Waals surface area contributed by atoms with Crippen molar-refractivity contribution in [2.45, 2.75) is 37.6 Å². The summed E-state index contributed by atoms with van der Waals surface area (Å²) in [7, 11) is 0. The van der Waals surface area contributed by atoms with Crippen LogP contribution in [-0.2, 0) is 0 Å². The van der Waals surface area contributed by atoms with E-state index in [1.807, 2.05) is 24.3 Å². The second-order valence-electron chi connectivity index (χ2n) is 6.45. The van der Waals surface area contributed by atoms with E-state index >= 15 is 0 Å². The summed E-state index contributed by atoms with van der Waals surface area (Å²) < 4.78 is 42.4. The van der Waals surface area contributed by atoms with Gasteiger partial charge in [-0.15, -0.1) is 11.3 Å². The maximum absolute atomic E-state index is 13.8. The molecule has 1 aromatic heterocycles. The molecule has 2 atom stereocenters. The topological polar surface area (TPSA) is 48.7 Å². The summed E-state index contributed by atoms with van der Waals surface area (Å²) in [5.41, 5.74) is -1.28. The highest BCUT2D eigenvalue weighted by Crippen LogP contribution is 2.50. The predicted octanol–water partition coefficient (Wildman–Crippen LogP) is 5.19. The van der Waals surface area contributed by atoms with E-state index < -0.39 is 17.8 Å². The molecule has 4 nitrogen and oxygen atoms in total. The lowest BCUT2D eigenvalue weighted by Gasteiger charge is -2.38. The van der Waals surface area contributed by atoms with Gasteiger partial charge in [-0.2, -0.15) is 23.3 Å². The Balaban J connectivity index is 1.74. The summed E-state index contributed by atoms with van der Waals surface area (Å²) in [5.74, 6) is -1.03. The Morgan fingerprint density at radius 2 is 1.96 bits per heavy atom. The molecule has 26 heavy (non-hydrogen) atoms. The Hall–Kier alpha value is -1.45. The Morgan fingerprint density at radius 1 is 1.23 bits per heavy atom. The van der Waals surface area contributed by atoms with Crippen LogP contribution in [0.1, 0.15) is 25.7 Å². The van der Waals surface area contributed by atoms with Gasteiger partial charge in [0, 0.05) is 21.1 Å². The fourth-order valence-electron chi connectivity index (χ4n) is 3.52. The van der Waals surface area contributed by atoms with Gasteiger partial charge in [0.05, 0.1) is 11.6 Å². The number of benzene rings is 1. The molecule has 4 rings (SSSR count). The van der Waals surface area contributed by atoms with Crippen molar-refractivity contribution in [3.63, 3.8) is 0 Å². The normalized spacial score (nSPS) is 26.0. The number of fused-ring (bicyclic) bond motifs is 1. The minimum Gasteiger partial charge on any atom is -0.362 e. The molecular formula is C17H15BrF3N3OS. The highest BCUT2D eigenvalue weighted by atomic mass is 79.9. The maximum atomic E-state index is 13.8. The number of aliphatic hydroxyl groups is 1. The fourth-order valence-corrected chi connectivity index (χ4v) is 4.62. The SMILES string of the molecule is O[C@]1(C(F)(F)F)[C@@H]2CCCCC2=NN1c1nc(-c2ccc(Br)cc2)cs1. The monoisotopic (exact) mass is 445 g/mol. The molecule has 138 valence electrons. The number of hydrogen-bond acceptors (Lipinski definition) is 5. The Kier molecular flexibility index (Phi) is 4.36. The van der Waals surface area contributed by atoms with Gasteiger partial charge in [-0.25, -0.2) is 4.98 Å². The first-order chi connectivity index (χ1) is 12.3. The molecule has 0 amide bonds. The lowest BCUT2D eigenvalue weighted by atomic mass is 9.80. The van der Waals surface area contributed by atoms with Crippen molar-refractivity contribution >= 4 is 38.1 Å². The molecular weight excluding hydrogens is 431 g/mol. The van der Waals surface area contributed by atoms with Gasteiger partial charge < -0.3 is 5.11 Å². The van der Waals surface area contributed by atoms with Gasteiger partial charge in [-0.3, -0.25) is 0 Å². The van der Waals surface area contributed by atoms with E-state index in [1.54, 1.807) is 5.38 Å². The zero-order chi connectivity index (χ0) is 18.5. The molecule has 9 heteroatoms. The van der Waals surface area contributed by atoms with Crippen molar-refractivity contribution in [2.24, 2.45) is 11.0 Å². The number of alkyl halides is 3. The lowest BCUT2D eigenvalue weighted by Crippen LogP contribution is -2.60. The Morgan fingerprint density at radius 3 is 2.65 bits per heavy atom. The first-order valence-corrected chi connectivity index (χ1v) is 9.86. The van der Waals surface area contributed by atoms with Gasteiger partial charge >= 0.3 is 6.18 Å². The predicted molar refractivity (Wildman–Crippen MR) is 98.1 cm³/mol. The highest BCUT2D eigenvalue weighted by Gasteiger charge is 2.67. The maximum Gasteiger partial charge on any atom is 0.439 e. The van der Waals surface area contributed by atoms with Crippen molar-refractivity contribution in [3.05, 3.63) is 34.1 Å². The minimum absolute atomic E-state index is 0.0460. The van der Waals surface area contributed by atoms with Crippen molar-refractivity contribution in [2.75, 3.05) is 5.01 Å². The molecule has 2 heterocycles. The van der Waals surface area contributed by atoms with Crippen LogP contribution in [0.4, 0.5) is 18.3 Å². The van der Waals surface area contributed by atoms with Crippen LogP contribution in [0.15, 0.2) is 39.2 Å². The molecule has 2 aromatic rings. The molecule has 0 spiro atoms.